The van der Waals surface area contributed by atoms with Gasteiger partial charge in [-0.2, -0.15) is 0 Å². The number of primary amides is 1. The minimum absolute atomic E-state index is 0.122. The van der Waals surface area contributed by atoms with Gasteiger partial charge in [0.2, 0.25) is 5.91 Å². The van der Waals surface area contributed by atoms with Crippen molar-refractivity contribution in [3.05, 3.63) is 12.2 Å². The van der Waals surface area contributed by atoms with Crippen LogP contribution in [0.4, 0.5) is 0 Å². The third kappa shape index (κ3) is 3.56. The summed E-state index contributed by atoms with van der Waals surface area (Å²) in [6.45, 7) is 0. The maximum Gasteiger partial charge on any atom is 0.234 e. The lowest BCUT2D eigenvalue weighted by Gasteiger charge is -2.32. The molecule has 0 spiro atoms. The van der Waals surface area contributed by atoms with E-state index in [0.717, 1.165) is 19.3 Å². The van der Waals surface area contributed by atoms with Crippen LogP contribution in [0, 0.1) is 5.92 Å². The maximum absolute atomic E-state index is 11.6. The van der Waals surface area contributed by atoms with E-state index < -0.39 is 0 Å². The van der Waals surface area contributed by atoms with Crippen molar-refractivity contribution in [1.82, 2.24) is 5.32 Å². The van der Waals surface area contributed by atoms with Crippen molar-refractivity contribution in [3.8, 4) is 0 Å². The second-order valence-electron chi connectivity index (χ2n) is 5.43. The van der Waals surface area contributed by atoms with Crippen LogP contribution in [-0.2, 0) is 4.79 Å². The van der Waals surface area contributed by atoms with Crippen LogP contribution in [-0.4, -0.2) is 18.0 Å². The van der Waals surface area contributed by atoms with Gasteiger partial charge in [0.1, 0.15) is 0 Å². The van der Waals surface area contributed by atoms with E-state index in [2.05, 4.69) is 17.5 Å². The fourth-order valence-corrected chi connectivity index (χ4v) is 3.09. The maximum atomic E-state index is 11.6. The van der Waals surface area contributed by atoms with Gasteiger partial charge in [-0.1, -0.05) is 31.4 Å². The normalized spacial score (nSPS) is 27.9. The van der Waals surface area contributed by atoms with Crippen LogP contribution in [0.2, 0.25) is 0 Å². The third-order valence-corrected chi connectivity index (χ3v) is 4.11. The van der Waals surface area contributed by atoms with Gasteiger partial charge in [-0.3, -0.25) is 4.79 Å². The van der Waals surface area contributed by atoms with Crippen molar-refractivity contribution in [2.75, 3.05) is 0 Å². The Balaban J connectivity index is 1.91. The first-order valence-electron chi connectivity index (χ1n) is 6.97. The second kappa shape index (κ2) is 6.20. The van der Waals surface area contributed by atoms with E-state index in [4.69, 9.17) is 5.73 Å². The fourth-order valence-electron chi connectivity index (χ4n) is 3.09. The first kappa shape index (κ1) is 12.6. The zero-order valence-corrected chi connectivity index (χ0v) is 10.5. The SMILES string of the molecule is NC(=O)C(NC1CCCCC1)C1CC=CCC1. The third-order valence-electron chi connectivity index (χ3n) is 4.11. The van der Waals surface area contributed by atoms with E-state index in [-0.39, 0.29) is 11.9 Å². The lowest BCUT2D eigenvalue weighted by atomic mass is 9.85. The summed E-state index contributed by atoms with van der Waals surface area (Å²) in [5, 5.41) is 3.52. The van der Waals surface area contributed by atoms with Gasteiger partial charge in [0, 0.05) is 6.04 Å². The molecule has 0 aromatic heterocycles. The molecule has 0 saturated heterocycles. The largest absolute Gasteiger partial charge is 0.368 e. The van der Waals surface area contributed by atoms with E-state index in [1.807, 2.05) is 0 Å². The smallest absolute Gasteiger partial charge is 0.234 e. The van der Waals surface area contributed by atoms with E-state index in [9.17, 15) is 4.79 Å². The summed E-state index contributed by atoms with van der Waals surface area (Å²) in [5.74, 6) is 0.232. The van der Waals surface area contributed by atoms with Gasteiger partial charge in [0.15, 0.2) is 0 Å². The molecule has 0 bridgehead atoms. The van der Waals surface area contributed by atoms with Crippen LogP contribution >= 0.6 is 0 Å². The summed E-state index contributed by atoms with van der Waals surface area (Å²) in [7, 11) is 0. The summed E-state index contributed by atoms with van der Waals surface area (Å²) in [4.78, 5) is 11.6. The van der Waals surface area contributed by atoms with Crippen molar-refractivity contribution in [2.24, 2.45) is 11.7 Å². The number of nitrogens with one attached hydrogen (secondary N) is 1. The predicted octanol–water partition coefficient (Wildman–Crippen LogP) is 2.12. The monoisotopic (exact) mass is 236 g/mol. The number of carbonyl (C=O) groups excluding carboxylic acids is 1. The number of carbonyl (C=O) groups is 1. The first-order chi connectivity index (χ1) is 8.27. The van der Waals surface area contributed by atoms with E-state index in [1.54, 1.807) is 0 Å². The van der Waals surface area contributed by atoms with Crippen LogP contribution in [0.25, 0.3) is 0 Å². The standard InChI is InChI=1S/C14H24N2O/c15-14(17)13(11-7-3-1-4-8-11)16-12-9-5-2-6-10-12/h1,3,11-13,16H,2,4-10H2,(H2,15,17). The molecule has 0 heterocycles. The number of amides is 1. The minimum atomic E-state index is -0.170. The highest BCUT2D eigenvalue weighted by Crippen LogP contribution is 2.24. The zero-order chi connectivity index (χ0) is 12.1. The highest BCUT2D eigenvalue weighted by molar-refractivity contribution is 5.80. The molecule has 2 atom stereocenters. The predicted molar refractivity (Wildman–Crippen MR) is 69.5 cm³/mol. The zero-order valence-electron chi connectivity index (χ0n) is 10.5. The number of allylic oxidation sites excluding steroid dienone is 2. The van der Waals surface area contributed by atoms with Crippen LogP contribution < -0.4 is 11.1 Å². The highest BCUT2D eigenvalue weighted by atomic mass is 16.1. The second-order valence-corrected chi connectivity index (χ2v) is 5.43. The molecular formula is C14H24N2O. The van der Waals surface area contributed by atoms with Crippen molar-refractivity contribution in [2.45, 2.75) is 63.5 Å². The van der Waals surface area contributed by atoms with Crippen molar-refractivity contribution in [3.63, 3.8) is 0 Å². The van der Waals surface area contributed by atoms with Gasteiger partial charge in [0.25, 0.3) is 0 Å². The van der Waals surface area contributed by atoms with E-state index in [1.165, 1.54) is 32.1 Å². The molecule has 2 rings (SSSR count). The molecule has 0 aromatic carbocycles. The first-order valence-corrected chi connectivity index (χ1v) is 6.97. The molecule has 1 saturated carbocycles. The lowest BCUT2D eigenvalue weighted by molar-refractivity contribution is -0.121. The Labute approximate surface area is 104 Å². The Bertz CT molecular complexity index is 282. The summed E-state index contributed by atoms with van der Waals surface area (Å²) in [6, 6.07) is 0.384. The molecule has 17 heavy (non-hydrogen) atoms. The molecular weight excluding hydrogens is 212 g/mol. The Morgan fingerprint density at radius 3 is 2.53 bits per heavy atom. The van der Waals surface area contributed by atoms with Crippen LogP contribution in [0.15, 0.2) is 12.2 Å². The van der Waals surface area contributed by atoms with Crippen molar-refractivity contribution < 1.29 is 4.79 Å². The number of nitrogens with two attached hydrogens (primary N) is 1. The minimum Gasteiger partial charge on any atom is -0.368 e. The Kier molecular flexibility index (Phi) is 4.60. The molecule has 1 amide bonds. The number of hydrogen-bond donors (Lipinski definition) is 2. The van der Waals surface area contributed by atoms with Gasteiger partial charge >= 0.3 is 0 Å². The van der Waals surface area contributed by atoms with Gasteiger partial charge in [-0.15, -0.1) is 0 Å². The van der Waals surface area contributed by atoms with E-state index >= 15 is 0 Å². The Morgan fingerprint density at radius 1 is 1.18 bits per heavy atom. The topological polar surface area (TPSA) is 55.1 Å². The molecule has 96 valence electrons. The molecule has 2 unspecified atom stereocenters. The van der Waals surface area contributed by atoms with Crippen molar-refractivity contribution in [1.29, 1.82) is 0 Å². The Morgan fingerprint density at radius 2 is 1.94 bits per heavy atom. The van der Waals surface area contributed by atoms with Crippen LogP contribution in [0.5, 0.6) is 0 Å². The summed E-state index contributed by atoms with van der Waals surface area (Å²) in [6.07, 6.45) is 13.9. The summed E-state index contributed by atoms with van der Waals surface area (Å²) < 4.78 is 0. The molecule has 3 nitrogen and oxygen atoms in total. The molecule has 3 N–H and O–H groups in total. The molecule has 2 aliphatic carbocycles. The average Bonchev–Trinajstić information content (AvgIpc) is 2.38. The lowest BCUT2D eigenvalue weighted by Crippen LogP contribution is -2.51. The number of rotatable bonds is 4. The molecule has 0 radical (unpaired) electrons. The quantitative estimate of drug-likeness (QED) is 0.735. The van der Waals surface area contributed by atoms with E-state index in [0.29, 0.717) is 12.0 Å². The summed E-state index contributed by atoms with van der Waals surface area (Å²) in [5.41, 5.74) is 5.56. The van der Waals surface area contributed by atoms with Gasteiger partial charge in [0.05, 0.1) is 6.04 Å². The molecule has 0 aromatic rings. The van der Waals surface area contributed by atoms with Crippen molar-refractivity contribution >= 4 is 5.91 Å². The van der Waals surface area contributed by atoms with Gasteiger partial charge < -0.3 is 11.1 Å². The molecule has 2 aliphatic rings. The summed E-state index contributed by atoms with van der Waals surface area (Å²) >= 11 is 0. The highest BCUT2D eigenvalue weighted by Gasteiger charge is 2.28. The Hall–Kier alpha value is -0.830. The van der Waals surface area contributed by atoms with Crippen LogP contribution in [0.3, 0.4) is 0 Å². The average molecular weight is 236 g/mol. The fraction of sp³-hybridized carbons (Fsp3) is 0.786. The van der Waals surface area contributed by atoms with Gasteiger partial charge in [-0.25, -0.2) is 0 Å². The molecule has 1 fully saturated rings. The van der Waals surface area contributed by atoms with Gasteiger partial charge in [-0.05, 0) is 38.0 Å². The number of hydrogen-bond acceptors (Lipinski definition) is 2. The van der Waals surface area contributed by atoms with Crippen LogP contribution in [0.1, 0.15) is 51.4 Å². The molecule has 0 aliphatic heterocycles. The molecule has 3 heteroatoms.